The van der Waals surface area contributed by atoms with Gasteiger partial charge in [-0.25, -0.2) is 4.99 Å². The molecule has 0 aliphatic carbocycles. The summed E-state index contributed by atoms with van der Waals surface area (Å²) in [6, 6.07) is 9.67. The van der Waals surface area contributed by atoms with E-state index < -0.39 is 0 Å². The Balaban J connectivity index is 2.41. The van der Waals surface area contributed by atoms with Gasteiger partial charge in [0.1, 0.15) is 18.9 Å². The van der Waals surface area contributed by atoms with Crippen LogP contribution >= 0.6 is 0 Å². The minimum Gasteiger partial charge on any atom is -0.492 e. The topological polar surface area (TPSA) is 75.2 Å². The number of benzene rings is 1. The SMILES string of the molecule is CCNC(=NCC(=O)NCCOC)N(C)CCOc1ccccc1. The van der Waals surface area contributed by atoms with Crippen molar-refractivity contribution >= 4 is 11.9 Å². The molecule has 24 heavy (non-hydrogen) atoms. The van der Waals surface area contributed by atoms with Crippen LogP contribution in [-0.2, 0) is 9.53 Å². The number of carbonyl (C=O) groups is 1. The van der Waals surface area contributed by atoms with Crippen molar-refractivity contribution in [2.75, 3.05) is 53.6 Å². The minimum absolute atomic E-state index is 0.0793. The number of methoxy groups -OCH3 is 1. The molecule has 0 aromatic heterocycles. The van der Waals surface area contributed by atoms with Gasteiger partial charge < -0.3 is 25.0 Å². The summed E-state index contributed by atoms with van der Waals surface area (Å²) in [6.45, 7) is 4.97. The second-order valence-electron chi connectivity index (χ2n) is 5.10. The summed E-state index contributed by atoms with van der Waals surface area (Å²) in [6.07, 6.45) is 0. The molecule has 0 radical (unpaired) electrons. The van der Waals surface area contributed by atoms with Gasteiger partial charge in [0.05, 0.1) is 13.2 Å². The number of hydrogen-bond acceptors (Lipinski definition) is 4. The highest BCUT2D eigenvalue weighted by molar-refractivity contribution is 5.84. The third-order valence-electron chi connectivity index (χ3n) is 3.14. The number of likely N-dealkylation sites (N-methyl/N-ethyl adjacent to an activating group) is 1. The number of nitrogens with zero attached hydrogens (tertiary/aromatic N) is 2. The van der Waals surface area contributed by atoms with Crippen LogP contribution in [0.3, 0.4) is 0 Å². The molecule has 0 aliphatic heterocycles. The number of carbonyl (C=O) groups excluding carboxylic acids is 1. The van der Waals surface area contributed by atoms with E-state index in [1.54, 1.807) is 7.11 Å². The molecular weight excluding hydrogens is 308 g/mol. The molecule has 1 rings (SSSR count). The van der Waals surface area contributed by atoms with Crippen molar-refractivity contribution in [3.05, 3.63) is 30.3 Å². The van der Waals surface area contributed by atoms with Crippen LogP contribution in [0.15, 0.2) is 35.3 Å². The van der Waals surface area contributed by atoms with E-state index in [0.717, 1.165) is 12.3 Å². The summed E-state index contributed by atoms with van der Waals surface area (Å²) >= 11 is 0. The van der Waals surface area contributed by atoms with E-state index in [2.05, 4.69) is 15.6 Å². The molecule has 0 bridgehead atoms. The van der Waals surface area contributed by atoms with E-state index in [1.165, 1.54) is 0 Å². The zero-order chi connectivity index (χ0) is 17.6. The quantitative estimate of drug-likeness (QED) is 0.374. The normalized spacial score (nSPS) is 11.0. The monoisotopic (exact) mass is 336 g/mol. The molecule has 7 nitrogen and oxygen atoms in total. The number of guanidine groups is 1. The number of rotatable bonds is 10. The van der Waals surface area contributed by atoms with Crippen molar-refractivity contribution in [2.24, 2.45) is 4.99 Å². The van der Waals surface area contributed by atoms with Crippen molar-refractivity contribution in [3.63, 3.8) is 0 Å². The van der Waals surface area contributed by atoms with E-state index in [1.807, 2.05) is 49.2 Å². The Labute approximate surface area is 144 Å². The van der Waals surface area contributed by atoms with E-state index in [0.29, 0.717) is 32.3 Å². The van der Waals surface area contributed by atoms with Crippen LogP contribution in [0.2, 0.25) is 0 Å². The molecule has 1 aromatic rings. The molecular formula is C17H28N4O3. The lowest BCUT2D eigenvalue weighted by molar-refractivity contribution is -0.119. The Morgan fingerprint density at radius 1 is 1.21 bits per heavy atom. The van der Waals surface area contributed by atoms with E-state index in [-0.39, 0.29) is 12.5 Å². The summed E-state index contributed by atoms with van der Waals surface area (Å²) in [7, 11) is 3.51. The molecule has 1 aromatic carbocycles. The summed E-state index contributed by atoms with van der Waals surface area (Å²) < 4.78 is 10.6. The molecule has 0 saturated carbocycles. The Kier molecular flexibility index (Phi) is 10.0. The van der Waals surface area contributed by atoms with Crippen LogP contribution in [0.5, 0.6) is 5.75 Å². The summed E-state index contributed by atoms with van der Waals surface area (Å²) in [4.78, 5) is 18.0. The maximum atomic E-state index is 11.7. The van der Waals surface area contributed by atoms with Crippen molar-refractivity contribution < 1.29 is 14.3 Å². The fourth-order valence-electron chi connectivity index (χ4n) is 1.89. The molecule has 0 saturated heterocycles. The molecule has 0 spiro atoms. The number of aliphatic imine (C=N–C) groups is 1. The molecule has 7 heteroatoms. The highest BCUT2D eigenvalue weighted by Gasteiger charge is 2.07. The minimum atomic E-state index is -0.128. The van der Waals surface area contributed by atoms with E-state index >= 15 is 0 Å². The number of ether oxygens (including phenoxy) is 2. The summed E-state index contributed by atoms with van der Waals surface area (Å²) in [5.74, 6) is 1.39. The van der Waals surface area contributed by atoms with Crippen LogP contribution < -0.4 is 15.4 Å². The average Bonchev–Trinajstić information content (AvgIpc) is 2.59. The lowest BCUT2D eigenvalue weighted by Gasteiger charge is -2.22. The lowest BCUT2D eigenvalue weighted by atomic mass is 10.3. The van der Waals surface area contributed by atoms with Crippen LogP contribution in [0, 0.1) is 0 Å². The van der Waals surface area contributed by atoms with Gasteiger partial charge in [-0.2, -0.15) is 0 Å². The zero-order valence-electron chi connectivity index (χ0n) is 14.7. The third-order valence-corrected chi connectivity index (χ3v) is 3.14. The highest BCUT2D eigenvalue weighted by Crippen LogP contribution is 2.07. The number of nitrogens with one attached hydrogen (secondary N) is 2. The predicted octanol–water partition coefficient (Wildman–Crippen LogP) is 0.725. The first-order valence-corrected chi connectivity index (χ1v) is 8.10. The maximum absolute atomic E-state index is 11.7. The Hall–Kier alpha value is -2.28. The van der Waals surface area contributed by atoms with Gasteiger partial charge in [-0.15, -0.1) is 0 Å². The number of para-hydroxylation sites is 1. The largest absolute Gasteiger partial charge is 0.492 e. The standard InChI is InChI=1S/C17H28N4O3/c1-4-18-17(20-14-16(22)19-10-12-23-3)21(2)11-13-24-15-8-6-5-7-9-15/h5-9H,4,10-14H2,1-3H3,(H,18,20)(H,19,22). The van der Waals surface area contributed by atoms with Crippen molar-refractivity contribution in [3.8, 4) is 5.75 Å². The average molecular weight is 336 g/mol. The van der Waals surface area contributed by atoms with Gasteiger partial charge in [-0.3, -0.25) is 4.79 Å². The maximum Gasteiger partial charge on any atom is 0.241 e. The molecule has 2 N–H and O–H groups in total. The Morgan fingerprint density at radius 3 is 2.62 bits per heavy atom. The molecule has 134 valence electrons. The van der Waals surface area contributed by atoms with Crippen molar-refractivity contribution in [1.82, 2.24) is 15.5 Å². The second kappa shape index (κ2) is 12.2. The van der Waals surface area contributed by atoms with E-state index in [4.69, 9.17) is 9.47 Å². The van der Waals surface area contributed by atoms with Gasteiger partial charge in [-0.1, -0.05) is 18.2 Å². The number of hydrogen-bond donors (Lipinski definition) is 2. The van der Waals surface area contributed by atoms with Crippen LogP contribution in [0.25, 0.3) is 0 Å². The predicted molar refractivity (Wildman–Crippen MR) is 95.4 cm³/mol. The second-order valence-corrected chi connectivity index (χ2v) is 5.10. The fourth-order valence-corrected chi connectivity index (χ4v) is 1.89. The molecule has 0 atom stereocenters. The van der Waals surface area contributed by atoms with Gasteiger partial charge in [0.15, 0.2) is 5.96 Å². The molecule has 0 fully saturated rings. The first kappa shape index (κ1) is 19.8. The van der Waals surface area contributed by atoms with Gasteiger partial charge in [-0.05, 0) is 19.1 Å². The first-order valence-electron chi connectivity index (χ1n) is 8.10. The Bertz CT molecular complexity index is 494. The number of amides is 1. The van der Waals surface area contributed by atoms with Crippen LogP contribution in [0.4, 0.5) is 0 Å². The third kappa shape index (κ3) is 8.38. The highest BCUT2D eigenvalue weighted by atomic mass is 16.5. The summed E-state index contributed by atoms with van der Waals surface area (Å²) in [5, 5.41) is 5.91. The van der Waals surface area contributed by atoms with Crippen molar-refractivity contribution in [1.29, 1.82) is 0 Å². The molecule has 0 unspecified atom stereocenters. The summed E-state index contributed by atoms with van der Waals surface area (Å²) in [5.41, 5.74) is 0. The molecule has 1 amide bonds. The van der Waals surface area contributed by atoms with Crippen LogP contribution in [0.1, 0.15) is 6.92 Å². The zero-order valence-corrected chi connectivity index (χ0v) is 14.7. The fraction of sp³-hybridized carbons (Fsp3) is 0.529. The Morgan fingerprint density at radius 2 is 1.96 bits per heavy atom. The van der Waals surface area contributed by atoms with Crippen molar-refractivity contribution in [2.45, 2.75) is 6.92 Å². The lowest BCUT2D eigenvalue weighted by Crippen LogP contribution is -2.41. The molecule has 0 heterocycles. The van der Waals surface area contributed by atoms with Gasteiger partial charge in [0, 0.05) is 27.2 Å². The molecule has 0 aliphatic rings. The van der Waals surface area contributed by atoms with Gasteiger partial charge in [0.25, 0.3) is 0 Å². The van der Waals surface area contributed by atoms with Gasteiger partial charge >= 0.3 is 0 Å². The smallest absolute Gasteiger partial charge is 0.241 e. The van der Waals surface area contributed by atoms with Crippen LogP contribution in [-0.4, -0.2) is 70.3 Å². The first-order chi connectivity index (χ1) is 11.7. The van der Waals surface area contributed by atoms with Gasteiger partial charge in [0.2, 0.25) is 5.91 Å². The van der Waals surface area contributed by atoms with E-state index in [9.17, 15) is 4.79 Å².